The maximum atomic E-state index is 12.7. The van der Waals surface area contributed by atoms with Gasteiger partial charge in [-0.05, 0) is 65.2 Å². The summed E-state index contributed by atoms with van der Waals surface area (Å²) in [5.41, 5.74) is 0.728. The third kappa shape index (κ3) is 5.85. The molecule has 2 aromatic rings. The molecule has 1 N–H and O–H groups in total. The van der Waals surface area contributed by atoms with Crippen LogP contribution in [0.2, 0.25) is 0 Å². The molecule has 1 heterocycles. The van der Waals surface area contributed by atoms with Crippen molar-refractivity contribution >= 4 is 53.3 Å². The maximum absolute atomic E-state index is 12.7. The molecule has 0 saturated carbocycles. The molecule has 0 aliphatic carbocycles. The van der Waals surface area contributed by atoms with Crippen LogP contribution in [-0.4, -0.2) is 52.9 Å². The third-order valence-electron chi connectivity index (χ3n) is 4.90. The Morgan fingerprint density at radius 1 is 1.00 bits per heavy atom. The Morgan fingerprint density at radius 2 is 1.61 bits per heavy atom. The van der Waals surface area contributed by atoms with Crippen molar-refractivity contribution in [1.82, 2.24) is 4.31 Å². The van der Waals surface area contributed by atoms with Crippen molar-refractivity contribution in [3.63, 3.8) is 0 Å². The molecule has 1 amide bonds. The molecule has 168 valence electrons. The second kappa shape index (κ2) is 9.68. The molecule has 1 fully saturated rings. The predicted molar refractivity (Wildman–Crippen MR) is 124 cm³/mol. The Labute approximate surface area is 191 Å². The van der Waals surface area contributed by atoms with E-state index in [1.165, 1.54) is 28.6 Å². The summed E-state index contributed by atoms with van der Waals surface area (Å²) in [6.45, 7) is 0.601. The summed E-state index contributed by atoms with van der Waals surface area (Å²) >= 11 is 3.31. The van der Waals surface area contributed by atoms with Crippen molar-refractivity contribution in [2.24, 2.45) is 0 Å². The topological polar surface area (TPSA) is 104 Å². The van der Waals surface area contributed by atoms with Crippen LogP contribution in [0.1, 0.15) is 19.3 Å². The second-order valence-electron chi connectivity index (χ2n) is 7.26. The molecule has 31 heavy (non-hydrogen) atoms. The fourth-order valence-corrected chi connectivity index (χ4v) is 6.33. The molecule has 1 saturated heterocycles. The van der Waals surface area contributed by atoms with E-state index < -0.39 is 32.5 Å². The van der Waals surface area contributed by atoms with E-state index in [1.54, 1.807) is 24.3 Å². The molecule has 0 atom stereocenters. The summed E-state index contributed by atoms with van der Waals surface area (Å²) < 4.78 is 52.9. The summed E-state index contributed by atoms with van der Waals surface area (Å²) in [6, 6.07) is 12.6. The average molecular weight is 530 g/mol. The zero-order chi connectivity index (χ0) is 22.6. The number of halogens is 1. The van der Waals surface area contributed by atoms with E-state index in [0.29, 0.717) is 28.9 Å². The van der Waals surface area contributed by atoms with Gasteiger partial charge in [0.2, 0.25) is 26.0 Å². The van der Waals surface area contributed by atoms with E-state index in [0.717, 1.165) is 29.8 Å². The smallest absolute Gasteiger partial charge is 0.245 e. The first-order valence-electron chi connectivity index (χ1n) is 9.71. The molecule has 0 bridgehead atoms. The van der Waals surface area contributed by atoms with Crippen LogP contribution >= 0.6 is 15.9 Å². The number of sulfonamides is 2. The lowest BCUT2D eigenvalue weighted by atomic mass is 10.2. The van der Waals surface area contributed by atoms with E-state index in [1.807, 2.05) is 0 Å². The van der Waals surface area contributed by atoms with Gasteiger partial charge in [0.15, 0.2) is 0 Å². The molecule has 0 spiro atoms. The van der Waals surface area contributed by atoms with Crippen LogP contribution in [0.3, 0.4) is 0 Å². The average Bonchev–Trinajstić information content (AvgIpc) is 2.73. The highest BCUT2D eigenvalue weighted by molar-refractivity contribution is 9.10. The summed E-state index contributed by atoms with van der Waals surface area (Å²) in [5, 5.41) is 2.62. The highest BCUT2D eigenvalue weighted by Crippen LogP contribution is 2.27. The van der Waals surface area contributed by atoms with Crippen molar-refractivity contribution < 1.29 is 21.6 Å². The van der Waals surface area contributed by atoms with Gasteiger partial charge in [-0.2, -0.15) is 4.31 Å². The fraction of sp³-hybridized carbons (Fsp3) is 0.350. The summed E-state index contributed by atoms with van der Waals surface area (Å²) in [4.78, 5) is 12.7. The molecular formula is C20H24BrN3O5S2. The zero-order valence-corrected chi connectivity index (χ0v) is 20.2. The van der Waals surface area contributed by atoms with E-state index >= 15 is 0 Å². The first-order valence-corrected chi connectivity index (χ1v) is 13.8. The summed E-state index contributed by atoms with van der Waals surface area (Å²) in [6.07, 6.45) is 3.75. The number of rotatable bonds is 7. The lowest BCUT2D eigenvalue weighted by molar-refractivity contribution is -0.114. The monoisotopic (exact) mass is 529 g/mol. The van der Waals surface area contributed by atoms with Gasteiger partial charge in [-0.25, -0.2) is 16.8 Å². The van der Waals surface area contributed by atoms with Gasteiger partial charge in [0.25, 0.3) is 0 Å². The lowest BCUT2D eigenvalue weighted by Crippen LogP contribution is -2.37. The van der Waals surface area contributed by atoms with E-state index in [4.69, 9.17) is 0 Å². The van der Waals surface area contributed by atoms with E-state index in [9.17, 15) is 21.6 Å². The van der Waals surface area contributed by atoms with Crippen molar-refractivity contribution in [3.8, 4) is 0 Å². The molecule has 0 radical (unpaired) electrons. The third-order valence-corrected chi connectivity index (χ3v) is 8.61. The number of hydrogen-bond acceptors (Lipinski definition) is 5. The number of nitrogens with one attached hydrogen (secondary N) is 1. The molecular weight excluding hydrogens is 506 g/mol. The number of carbonyl (C=O) groups is 1. The van der Waals surface area contributed by atoms with Gasteiger partial charge in [-0.1, -0.05) is 18.6 Å². The van der Waals surface area contributed by atoms with Gasteiger partial charge < -0.3 is 5.32 Å². The molecule has 1 aliphatic heterocycles. The Kier molecular flexibility index (Phi) is 7.40. The number of hydrogen-bond donors (Lipinski definition) is 1. The van der Waals surface area contributed by atoms with Crippen LogP contribution in [0.5, 0.6) is 0 Å². The Balaban J connectivity index is 1.72. The van der Waals surface area contributed by atoms with Gasteiger partial charge in [0.1, 0.15) is 6.54 Å². The van der Waals surface area contributed by atoms with E-state index in [2.05, 4.69) is 21.2 Å². The predicted octanol–water partition coefficient (Wildman–Crippen LogP) is 3.03. The van der Waals surface area contributed by atoms with E-state index in [-0.39, 0.29) is 4.90 Å². The van der Waals surface area contributed by atoms with Crippen LogP contribution in [0, 0.1) is 0 Å². The minimum atomic E-state index is -3.71. The number of anilines is 2. The molecule has 0 unspecified atom stereocenters. The molecule has 1 aliphatic rings. The van der Waals surface area contributed by atoms with Crippen LogP contribution in [0.15, 0.2) is 57.9 Å². The van der Waals surface area contributed by atoms with Gasteiger partial charge in [-0.15, -0.1) is 0 Å². The number of piperidine rings is 1. The van der Waals surface area contributed by atoms with Crippen LogP contribution < -0.4 is 9.62 Å². The zero-order valence-electron chi connectivity index (χ0n) is 17.0. The van der Waals surface area contributed by atoms with Crippen molar-refractivity contribution in [3.05, 3.63) is 53.0 Å². The van der Waals surface area contributed by atoms with Crippen molar-refractivity contribution in [2.45, 2.75) is 24.2 Å². The number of nitrogens with zero attached hydrogens (tertiary/aromatic N) is 2. The lowest BCUT2D eigenvalue weighted by Gasteiger charge is -2.26. The van der Waals surface area contributed by atoms with Crippen molar-refractivity contribution in [2.75, 3.05) is 35.5 Å². The van der Waals surface area contributed by atoms with Crippen LogP contribution in [0.4, 0.5) is 11.4 Å². The van der Waals surface area contributed by atoms with Gasteiger partial charge in [0.05, 0.1) is 16.8 Å². The number of para-hydroxylation sites is 1. The highest BCUT2D eigenvalue weighted by Gasteiger charge is 2.26. The first kappa shape index (κ1) is 23.7. The molecule has 2 aromatic carbocycles. The molecule has 3 rings (SSSR count). The quantitative estimate of drug-likeness (QED) is 0.593. The second-order valence-corrected chi connectivity index (χ2v) is 12.0. The van der Waals surface area contributed by atoms with Crippen molar-refractivity contribution in [1.29, 1.82) is 0 Å². The maximum Gasteiger partial charge on any atom is 0.245 e. The molecule has 0 aromatic heterocycles. The summed E-state index contributed by atoms with van der Waals surface area (Å²) in [5.74, 6) is -0.548. The normalized spacial score (nSPS) is 15.4. The minimum Gasteiger partial charge on any atom is -0.325 e. The minimum absolute atomic E-state index is 0.165. The van der Waals surface area contributed by atoms with Gasteiger partial charge >= 0.3 is 0 Å². The van der Waals surface area contributed by atoms with Crippen LogP contribution in [-0.2, 0) is 24.8 Å². The van der Waals surface area contributed by atoms with Gasteiger partial charge in [0, 0.05) is 23.2 Å². The highest BCUT2D eigenvalue weighted by atomic mass is 79.9. The fourth-order valence-electron chi connectivity index (χ4n) is 3.33. The Morgan fingerprint density at radius 3 is 2.19 bits per heavy atom. The number of amides is 1. The molecule has 8 nitrogen and oxygen atoms in total. The Hall–Kier alpha value is -1.95. The Bertz CT molecular complexity index is 1150. The van der Waals surface area contributed by atoms with Crippen LogP contribution in [0.25, 0.3) is 0 Å². The molecule has 11 heteroatoms. The largest absolute Gasteiger partial charge is 0.325 e. The summed E-state index contributed by atoms with van der Waals surface area (Å²) in [7, 11) is -7.27. The SMILES string of the molecule is CS(=O)(=O)N(CC(=O)Nc1ccc(S(=O)(=O)N2CCCCC2)cc1)c1ccccc1Br. The standard InChI is InChI=1S/C20H24BrN3O5S2/c1-30(26,27)24(19-8-4-3-7-18(19)21)15-20(25)22-16-9-11-17(12-10-16)31(28,29)23-13-5-2-6-14-23/h3-4,7-12H,2,5-6,13-15H2,1H3,(H,22,25). The van der Waals surface area contributed by atoms with Gasteiger partial charge in [-0.3, -0.25) is 9.10 Å². The first-order chi connectivity index (χ1) is 14.6. The number of benzene rings is 2. The number of carbonyl (C=O) groups excluding carboxylic acids is 1.